The highest BCUT2D eigenvalue weighted by atomic mass is 16.7. The lowest BCUT2D eigenvalue weighted by Crippen LogP contribution is -2.26. The molecular formula is C38H51N2O4+. The third kappa shape index (κ3) is 8.24. The molecule has 0 bridgehead atoms. The lowest BCUT2D eigenvalue weighted by Gasteiger charge is -2.26. The molecule has 1 fully saturated rings. The summed E-state index contributed by atoms with van der Waals surface area (Å²) >= 11 is 0. The molecule has 2 aliphatic rings. The summed E-state index contributed by atoms with van der Waals surface area (Å²) in [5.41, 5.74) is 7.71. The average Bonchev–Trinajstić information content (AvgIpc) is 3.64. The molecule has 0 aliphatic carbocycles. The fourth-order valence-electron chi connectivity index (χ4n) is 6.12. The van der Waals surface area contributed by atoms with Gasteiger partial charge in [-0.1, -0.05) is 88.4 Å². The van der Waals surface area contributed by atoms with Gasteiger partial charge >= 0.3 is 0 Å². The number of fused-ring (bicyclic) bond motifs is 1. The molecule has 44 heavy (non-hydrogen) atoms. The highest BCUT2D eigenvalue weighted by Gasteiger charge is 2.39. The third-order valence-electron chi connectivity index (χ3n) is 8.49. The second kappa shape index (κ2) is 16.7. The van der Waals surface area contributed by atoms with Crippen LogP contribution in [0.4, 0.5) is 11.4 Å². The topological polar surface area (TPSA) is 43.2 Å². The highest BCUT2D eigenvalue weighted by molar-refractivity contribution is 5.91. The molecule has 4 rings (SSSR count). The molecule has 0 aromatic heterocycles. The molecule has 2 aliphatic heterocycles. The molecule has 236 valence electrons. The van der Waals surface area contributed by atoms with Gasteiger partial charge in [-0.15, -0.1) is 0 Å². The fraction of sp³-hybridized carbons (Fsp3) is 0.447. The molecule has 0 N–H and O–H groups in total. The van der Waals surface area contributed by atoms with E-state index in [4.69, 9.17) is 18.9 Å². The Labute approximate surface area is 265 Å². The van der Waals surface area contributed by atoms with E-state index in [0.717, 1.165) is 38.8 Å². The van der Waals surface area contributed by atoms with Gasteiger partial charge in [0.2, 0.25) is 5.69 Å². The zero-order chi connectivity index (χ0) is 31.4. The molecule has 1 saturated heterocycles. The molecule has 2 aromatic carbocycles. The highest BCUT2D eigenvalue weighted by Crippen LogP contribution is 2.47. The number of aryl methyl sites for hydroxylation is 1. The van der Waals surface area contributed by atoms with Crippen molar-refractivity contribution in [2.75, 3.05) is 45.4 Å². The number of allylic oxidation sites excluding steroid dienone is 6. The van der Waals surface area contributed by atoms with Crippen LogP contribution in [0.15, 0.2) is 96.8 Å². The SMILES string of the molecule is CCC(/C=C/C=C/C=C1/N(CC/C=C/C(OC)OC)c2ccccc2C1(C)C)=[N+](/CCC1OCCO1)c1ccccc1CC. The lowest BCUT2D eigenvalue weighted by atomic mass is 9.84. The first-order chi connectivity index (χ1) is 21.4. The standard InChI is InChI=1S/C38H51N2O4/c1-7-30-18-12-14-21-33(30)39(27-25-37-43-28-29-44-37)31(8-2)19-10-9-11-23-35-38(3,4)32-20-13-15-22-34(32)40(35)26-17-16-24-36(41-5)42-6/h9-16,18-24,36-37H,7-8,17,25-29H2,1-6H3/q+1/b24-16+. The molecule has 0 unspecified atom stereocenters. The summed E-state index contributed by atoms with van der Waals surface area (Å²) in [5.74, 6) is 0. The number of benzene rings is 2. The number of ether oxygens (including phenoxy) is 4. The number of hydrogen-bond acceptors (Lipinski definition) is 5. The fourth-order valence-corrected chi connectivity index (χ4v) is 6.12. The largest absolute Gasteiger partial charge is 0.352 e. The summed E-state index contributed by atoms with van der Waals surface area (Å²) in [4.78, 5) is 2.45. The lowest BCUT2D eigenvalue weighted by molar-refractivity contribution is -0.446. The number of rotatable bonds is 15. The van der Waals surface area contributed by atoms with Crippen LogP contribution < -0.4 is 4.90 Å². The van der Waals surface area contributed by atoms with E-state index >= 15 is 0 Å². The summed E-state index contributed by atoms with van der Waals surface area (Å²) < 4.78 is 24.6. The van der Waals surface area contributed by atoms with Crippen LogP contribution in [-0.2, 0) is 30.8 Å². The van der Waals surface area contributed by atoms with Gasteiger partial charge < -0.3 is 23.8 Å². The van der Waals surface area contributed by atoms with E-state index in [1.807, 2.05) is 6.08 Å². The molecule has 0 atom stereocenters. The van der Waals surface area contributed by atoms with Crippen LogP contribution in [-0.4, -0.2) is 63.4 Å². The predicted molar refractivity (Wildman–Crippen MR) is 181 cm³/mol. The van der Waals surface area contributed by atoms with E-state index in [1.54, 1.807) is 14.2 Å². The number of anilines is 1. The van der Waals surface area contributed by atoms with Crippen molar-refractivity contribution in [2.24, 2.45) is 0 Å². The third-order valence-corrected chi connectivity index (χ3v) is 8.49. The summed E-state index contributed by atoms with van der Waals surface area (Å²) in [5, 5.41) is 0. The number of nitrogens with zero attached hydrogens (tertiary/aromatic N) is 2. The Balaban J connectivity index is 1.57. The molecule has 0 spiro atoms. The quantitative estimate of drug-likeness (QED) is 0.0685. The van der Waals surface area contributed by atoms with Crippen molar-refractivity contribution in [2.45, 2.75) is 71.4 Å². The Bertz CT molecular complexity index is 1360. The van der Waals surface area contributed by atoms with Gasteiger partial charge in [-0.05, 0) is 36.6 Å². The zero-order valence-electron chi connectivity index (χ0n) is 27.5. The van der Waals surface area contributed by atoms with Crippen molar-refractivity contribution < 1.29 is 23.5 Å². The number of methoxy groups -OCH3 is 2. The van der Waals surface area contributed by atoms with Gasteiger partial charge in [0.05, 0.1) is 19.6 Å². The maximum absolute atomic E-state index is 5.76. The minimum Gasteiger partial charge on any atom is -0.352 e. The minimum absolute atomic E-state index is 0.0955. The van der Waals surface area contributed by atoms with Gasteiger partial charge in [0.1, 0.15) is 0 Å². The smallest absolute Gasteiger partial charge is 0.208 e. The maximum Gasteiger partial charge on any atom is 0.208 e. The van der Waals surface area contributed by atoms with Crippen LogP contribution in [0.2, 0.25) is 0 Å². The maximum atomic E-state index is 5.76. The Kier molecular flexibility index (Phi) is 12.7. The monoisotopic (exact) mass is 599 g/mol. The van der Waals surface area contributed by atoms with E-state index in [2.05, 4.69) is 122 Å². The van der Waals surface area contributed by atoms with Crippen molar-refractivity contribution in [3.8, 4) is 0 Å². The molecule has 2 aromatic rings. The van der Waals surface area contributed by atoms with Crippen molar-refractivity contribution >= 4 is 17.1 Å². The van der Waals surface area contributed by atoms with Crippen LogP contribution >= 0.6 is 0 Å². The van der Waals surface area contributed by atoms with E-state index in [9.17, 15) is 0 Å². The molecule has 6 heteroatoms. The number of para-hydroxylation sites is 2. The van der Waals surface area contributed by atoms with Gasteiger partial charge in [-0.25, -0.2) is 0 Å². The van der Waals surface area contributed by atoms with Crippen molar-refractivity contribution in [1.29, 1.82) is 0 Å². The Hall–Kier alpha value is -3.29. The average molecular weight is 600 g/mol. The van der Waals surface area contributed by atoms with Gasteiger partial charge in [0, 0.05) is 61.7 Å². The van der Waals surface area contributed by atoms with E-state index < -0.39 is 0 Å². The van der Waals surface area contributed by atoms with Crippen molar-refractivity contribution in [3.05, 3.63) is 108 Å². The summed E-state index contributed by atoms with van der Waals surface area (Å²) in [6, 6.07) is 17.5. The van der Waals surface area contributed by atoms with E-state index in [-0.39, 0.29) is 18.0 Å². The Morgan fingerprint density at radius 2 is 1.73 bits per heavy atom. The second-order valence-electron chi connectivity index (χ2n) is 11.6. The first-order valence-corrected chi connectivity index (χ1v) is 16.0. The van der Waals surface area contributed by atoms with Crippen LogP contribution in [0.25, 0.3) is 0 Å². The minimum atomic E-state index is -0.317. The first kappa shape index (κ1) is 33.6. The zero-order valence-corrected chi connectivity index (χ0v) is 27.5. The van der Waals surface area contributed by atoms with Crippen molar-refractivity contribution in [3.63, 3.8) is 0 Å². The molecular weight excluding hydrogens is 548 g/mol. The van der Waals surface area contributed by atoms with E-state index in [0.29, 0.717) is 13.2 Å². The van der Waals surface area contributed by atoms with Gasteiger partial charge in [-0.2, -0.15) is 4.58 Å². The van der Waals surface area contributed by atoms with Crippen LogP contribution in [0, 0.1) is 0 Å². The molecule has 2 heterocycles. The predicted octanol–water partition coefficient (Wildman–Crippen LogP) is 7.87. The molecule has 0 saturated carbocycles. The van der Waals surface area contributed by atoms with Crippen LogP contribution in [0.1, 0.15) is 58.1 Å². The van der Waals surface area contributed by atoms with Crippen LogP contribution in [0.3, 0.4) is 0 Å². The Morgan fingerprint density at radius 1 is 1.00 bits per heavy atom. The van der Waals surface area contributed by atoms with Gasteiger partial charge in [0.25, 0.3) is 0 Å². The molecule has 0 radical (unpaired) electrons. The molecule has 0 amide bonds. The second-order valence-corrected chi connectivity index (χ2v) is 11.6. The number of hydrogen-bond donors (Lipinski definition) is 0. The van der Waals surface area contributed by atoms with Crippen molar-refractivity contribution in [1.82, 2.24) is 0 Å². The Morgan fingerprint density at radius 3 is 2.45 bits per heavy atom. The first-order valence-electron chi connectivity index (χ1n) is 16.0. The van der Waals surface area contributed by atoms with Gasteiger partial charge in [0.15, 0.2) is 24.8 Å². The summed E-state index contributed by atoms with van der Waals surface area (Å²) in [6.45, 7) is 12.1. The molecule has 6 nitrogen and oxygen atoms in total. The van der Waals surface area contributed by atoms with Gasteiger partial charge in [-0.3, -0.25) is 0 Å². The van der Waals surface area contributed by atoms with Crippen LogP contribution in [0.5, 0.6) is 0 Å². The van der Waals surface area contributed by atoms with E-state index in [1.165, 1.54) is 33.9 Å². The normalized spacial score (nSPS) is 18.5. The summed E-state index contributed by atoms with van der Waals surface area (Å²) in [6.07, 6.45) is 18.3. The summed E-state index contributed by atoms with van der Waals surface area (Å²) in [7, 11) is 3.31.